The van der Waals surface area contributed by atoms with Crippen LogP contribution in [0.5, 0.6) is 0 Å². The molecule has 1 aromatic carbocycles. The van der Waals surface area contributed by atoms with Gasteiger partial charge in [0.2, 0.25) is 5.91 Å². The van der Waals surface area contributed by atoms with Gasteiger partial charge in [0.15, 0.2) is 11.6 Å². The molecule has 2 aliphatic heterocycles. The van der Waals surface area contributed by atoms with Gasteiger partial charge in [0.25, 0.3) is 11.8 Å². The average Bonchev–Trinajstić information content (AvgIpc) is 2.69. The lowest BCUT2D eigenvalue weighted by atomic mass is 9.77. The molecule has 10 heteroatoms. The second-order valence-electron chi connectivity index (χ2n) is 8.54. The molecule has 2 saturated heterocycles. The van der Waals surface area contributed by atoms with Crippen LogP contribution in [0.2, 0.25) is 5.02 Å². The summed E-state index contributed by atoms with van der Waals surface area (Å²) in [5.41, 5.74) is -0.226. The summed E-state index contributed by atoms with van der Waals surface area (Å²) >= 11 is 5.76. The van der Waals surface area contributed by atoms with Gasteiger partial charge in [-0.05, 0) is 11.6 Å². The predicted molar refractivity (Wildman–Crippen MR) is 111 cm³/mol. The van der Waals surface area contributed by atoms with Gasteiger partial charge in [0.05, 0.1) is 18.2 Å². The largest absolute Gasteiger partial charge is 0.380 e. The lowest BCUT2D eigenvalue weighted by molar-refractivity contribution is -0.174. The van der Waals surface area contributed by atoms with Gasteiger partial charge < -0.3 is 9.64 Å². The van der Waals surface area contributed by atoms with Crippen LogP contribution < -0.4 is 4.90 Å². The van der Waals surface area contributed by atoms with Gasteiger partial charge in [-0.25, -0.2) is 18.2 Å². The van der Waals surface area contributed by atoms with Gasteiger partial charge in [0.1, 0.15) is 12.6 Å². The fourth-order valence-electron chi connectivity index (χ4n) is 4.05. The van der Waals surface area contributed by atoms with E-state index in [9.17, 15) is 22.8 Å². The molecule has 2 aliphatic rings. The Kier molecular flexibility index (Phi) is 5.67. The molecule has 6 nitrogen and oxygen atoms in total. The molecular weight excluding hydrogens is 447 g/mol. The number of carbonyl (C=O) groups is 2. The minimum atomic E-state index is -2.98. The van der Waals surface area contributed by atoms with Crippen molar-refractivity contribution in [1.82, 2.24) is 9.88 Å². The van der Waals surface area contributed by atoms with Crippen molar-refractivity contribution in [3.63, 3.8) is 0 Å². The molecule has 0 radical (unpaired) electrons. The van der Waals surface area contributed by atoms with E-state index < -0.39 is 41.6 Å². The number of halogens is 4. The van der Waals surface area contributed by atoms with Gasteiger partial charge in [-0.2, -0.15) is 0 Å². The quantitative estimate of drug-likeness (QED) is 0.671. The monoisotopic (exact) mass is 467 g/mol. The Labute approximate surface area is 187 Å². The van der Waals surface area contributed by atoms with Gasteiger partial charge in [-0.15, -0.1) is 0 Å². The Bertz CT molecular complexity index is 1050. The third-order valence-electron chi connectivity index (χ3n) is 5.81. The van der Waals surface area contributed by atoms with Crippen LogP contribution in [0.4, 0.5) is 19.0 Å². The zero-order valence-corrected chi connectivity index (χ0v) is 18.2. The molecule has 2 fully saturated rings. The molecule has 3 heterocycles. The smallest absolute Gasteiger partial charge is 0.270 e. The van der Waals surface area contributed by atoms with E-state index >= 15 is 0 Å². The molecule has 32 heavy (non-hydrogen) atoms. The zero-order valence-electron chi connectivity index (χ0n) is 17.4. The van der Waals surface area contributed by atoms with Crippen molar-refractivity contribution in [1.29, 1.82) is 0 Å². The Hall–Kier alpha value is -2.65. The van der Waals surface area contributed by atoms with Gasteiger partial charge >= 0.3 is 0 Å². The van der Waals surface area contributed by atoms with E-state index in [0.29, 0.717) is 5.56 Å². The summed E-state index contributed by atoms with van der Waals surface area (Å²) in [7, 11) is 0. The summed E-state index contributed by atoms with van der Waals surface area (Å²) in [5.74, 6) is -4.96. The highest BCUT2D eigenvalue weighted by Crippen LogP contribution is 2.39. The number of rotatable bonds is 5. The van der Waals surface area contributed by atoms with Gasteiger partial charge in [-0.1, -0.05) is 42.8 Å². The highest BCUT2D eigenvalue weighted by Gasteiger charge is 2.54. The second kappa shape index (κ2) is 8.04. The van der Waals surface area contributed by atoms with E-state index in [2.05, 4.69) is 4.98 Å². The third kappa shape index (κ3) is 4.06. The van der Waals surface area contributed by atoms with Crippen molar-refractivity contribution in [2.45, 2.75) is 32.4 Å². The number of carbonyl (C=O) groups excluding carboxylic acids is 2. The van der Waals surface area contributed by atoms with Crippen LogP contribution in [0.3, 0.4) is 0 Å². The highest BCUT2D eigenvalue weighted by atomic mass is 35.5. The first-order valence-corrected chi connectivity index (χ1v) is 10.3. The van der Waals surface area contributed by atoms with Crippen LogP contribution in [0, 0.1) is 11.2 Å². The van der Waals surface area contributed by atoms with Crippen LogP contribution in [-0.2, 0) is 26.8 Å². The van der Waals surface area contributed by atoms with E-state index in [1.165, 1.54) is 35.4 Å². The first-order chi connectivity index (χ1) is 15.0. The number of benzene rings is 1. The van der Waals surface area contributed by atoms with Gasteiger partial charge in [-0.3, -0.25) is 14.5 Å². The lowest BCUT2D eigenvalue weighted by Crippen LogP contribution is -2.69. The van der Waals surface area contributed by atoms with Crippen LogP contribution in [-0.4, -0.2) is 47.5 Å². The SMILES string of the molecule is CC(F)(F)c1ccc(CN2C(=O)CN(c3ncc(Cl)cc3F)C(=O)C2C2(C)COC2)cc1. The number of hydrogen-bond acceptors (Lipinski definition) is 4. The van der Waals surface area contributed by atoms with Crippen molar-refractivity contribution in [2.75, 3.05) is 24.7 Å². The molecular formula is C22H21ClF3N3O3. The molecule has 0 bridgehead atoms. The minimum Gasteiger partial charge on any atom is -0.380 e. The Morgan fingerprint density at radius 1 is 1.25 bits per heavy atom. The van der Waals surface area contributed by atoms with Crippen LogP contribution in [0.15, 0.2) is 36.5 Å². The molecule has 4 rings (SSSR count). The van der Waals surface area contributed by atoms with Gasteiger partial charge in [0, 0.05) is 30.6 Å². The summed E-state index contributed by atoms with van der Waals surface area (Å²) in [6.07, 6.45) is 1.21. The van der Waals surface area contributed by atoms with Crippen molar-refractivity contribution in [3.05, 3.63) is 58.5 Å². The number of amides is 2. The van der Waals surface area contributed by atoms with Crippen molar-refractivity contribution < 1.29 is 27.5 Å². The topological polar surface area (TPSA) is 62.7 Å². The lowest BCUT2D eigenvalue weighted by Gasteiger charge is -2.51. The number of alkyl halides is 2. The van der Waals surface area contributed by atoms with Crippen LogP contribution in [0.1, 0.15) is 25.0 Å². The maximum Gasteiger partial charge on any atom is 0.270 e. The number of aromatic nitrogens is 1. The zero-order chi connectivity index (χ0) is 23.3. The van der Waals surface area contributed by atoms with E-state index in [-0.39, 0.29) is 36.2 Å². The molecule has 1 aromatic heterocycles. The summed E-state index contributed by atoms with van der Waals surface area (Å²) < 4.78 is 46.8. The van der Waals surface area contributed by atoms with E-state index in [0.717, 1.165) is 17.9 Å². The maximum atomic E-state index is 14.5. The first kappa shape index (κ1) is 22.5. The van der Waals surface area contributed by atoms with E-state index in [1.807, 2.05) is 6.92 Å². The van der Waals surface area contributed by atoms with Crippen molar-refractivity contribution in [3.8, 4) is 0 Å². The molecule has 170 valence electrons. The maximum absolute atomic E-state index is 14.5. The molecule has 1 atom stereocenters. The van der Waals surface area contributed by atoms with Crippen molar-refractivity contribution >= 4 is 29.2 Å². The standard InChI is InChI=1S/C22H21ClF3N3O3/c1-21(11-32-12-21)18-20(31)29(19-16(24)7-15(23)8-27-19)10-17(30)28(18)9-13-3-5-14(6-4-13)22(2,25)26/h3-8,18H,9-12H2,1-2H3. The average molecular weight is 468 g/mol. The molecule has 2 aromatic rings. The first-order valence-electron chi connectivity index (χ1n) is 9.96. The summed E-state index contributed by atoms with van der Waals surface area (Å²) in [6.45, 7) is 2.76. The van der Waals surface area contributed by atoms with E-state index in [1.54, 1.807) is 0 Å². The molecule has 0 spiro atoms. The number of nitrogens with zero attached hydrogens (tertiary/aromatic N) is 3. The molecule has 1 unspecified atom stereocenters. The molecule has 2 amide bonds. The third-order valence-corrected chi connectivity index (χ3v) is 6.01. The fourth-order valence-corrected chi connectivity index (χ4v) is 4.19. The Morgan fingerprint density at radius 3 is 2.44 bits per heavy atom. The number of pyridine rings is 1. The Balaban J connectivity index is 1.66. The summed E-state index contributed by atoms with van der Waals surface area (Å²) in [5, 5.41) is 0.0701. The highest BCUT2D eigenvalue weighted by molar-refractivity contribution is 6.30. The van der Waals surface area contributed by atoms with E-state index in [4.69, 9.17) is 16.3 Å². The Morgan fingerprint density at radius 2 is 1.91 bits per heavy atom. The minimum absolute atomic E-state index is 0.0464. The second-order valence-corrected chi connectivity index (χ2v) is 8.98. The molecule has 0 saturated carbocycles. The van der Waals surface area contributed by atoms with Crippen molar-refractivity contribution in [2.24, 2.45) is 5.41 Å². The number of ether oxygens (including phenoxy) is 1. The number of hydrogen-bond donors (Lipinski definition) is 0. The molecule has 0 N–H and O–H groups in total. The molecule has 0 aliphatic carbocycles. The fraction of sp³-hybridized carbons (Fsp3) is 0.409. The number of anilines is 1. The normalized spacial score (nSPS) is 21.0. The predicted octanol–water partition coefficient (Wildman–Crippen LogP) is 3.77. The van der Waals surface area contributed by atoms with Crippen LogP contribution >= 0.6 is 11.6 Å². The van der Waals surface area contributed by atoms with Crippen LogP contribution in [0.25, 0.3) is 0 Å². The number of piperazine rings is 1. The summed E-state index contributed by atoms with van der Waals surface area (Å²) in [4.78, 5) is 32.9. The summed E-state index contributed by atoms with van der Waals surface area (Å²) in [6, 6.07) is 5.72.